The molecule has 1 heterocycles. The largest absolute Gasteiger partial charge is 0.495 e. The molecule has 150 valence electrons. The van der Waals surface area contributed by atoms with Gasteiger partial charge in [0.05, 0.1) is 31.1 Å². The number of carbonyl (C=O) groups is 1. The summed E-state index contributed by atoms with van der Waals surface area (Å²) in [5, 5.41) is 13.3. The minimum absolute atomic E-state index is 0.263. The van der Waals surface area contributed by atoms with Crippen molar-refractivity contribution in [1.29, 1.82) is 0 Å². The molecule has 2 aromatic carbocycles. The number of halogens is 1. The Bertz CT molecular complexity index is 1010. The minimum Gasteiger partial charge on any atom is -0.495 e. The summed E-state index contributed by atoms with van der Waals surface area (Å²) in [7, 11) is 3.07. The Kier molecular flexibility index (Phi) is 6.81. The zero-order valence-corrected chi connectivity index (χ0v) is 17.7. The van der Waals surface area contributed by atoms with Crippen LogP contribution in [-0.4, -0.2) is 34.8 Å². The van der Waals surface area contributed by atoms with Gasteiger partial charge in [-0.3, -0.25) is 4.79 Å². The van der Waals surface area contributed by atoms with Crippen LogP contribution >= 0.6 is 35.4 Å². The number of benzene rings is 2. The number of rotatable bonds is 6. The van der Waals surface area contributed by atoms with E-state index >= 15 is 0 Å². The number of nitrogens with zero attached hydrogens (tertiary/aromatic N) is 2. The van der Waals surface area contributed by atoms with Gasteiger partial charge in [0.2, 0.25) is 0 Å². The van der Waals surface area contributed by atoms with Crippen LogP contribution in [0.25, 0.3) is 0 Å². The topological polar surface area (TPSA) is 97.4 Å². The van der Waals surface area contributed by atoms with E-state index in [2.05, 4.69) is 25.5 Å². The van der Waals surface area contributed by atoms with Gasteiger partial charge in [0, 0.05) is 17.4 Å². The molecular weight excluding hydrogens is 434 g/mol. The van der Waals surface area contributed by atoms with E-state index in [1.165, 1.54) is 13.3 Å². The first-order valence-electron chi connectivity index (χ1n) is 8.18. The van der Waals surface area contributed by atoms with Gasteiger partial charge in [0.1, 0.15) is 16.4 Å². The molecule has 0 spiro atoms. The van der Waals surface area contributed by atoms with Crippen LogP contribution in [0.4, 0.5) is 17.1 Å². The van der Waals surface area contributed by atoms with Crippen LogP contribution < -0.4 is 25.4 Å². The number of aromatic nitrogens is 2. The van der Waals surface area contributed by atoms with Crippen LogP contribution in [0.1, 0.15) is 9.67 Å². The molecule has 0 aliphatic heterocycles. The van der Waals surface area contributed by atoms with Gasteiger partial charge in [-0.25, -0.2) is 0 Å². The molecule has 3 aromatic rings. The number of carbonyl (C=O) groups excluding carboxylic acids is 1. The highest BCUT2D eigenvalue weighted by molar-refractivity contribution is 7.80. The molecule has 0 fully saturated rings. The lowest BCUT2D eigenvalue weighted by atomic mass is 10.2. The molecule has 0 saturated carbocycles. The fourth-order valence-corrected chi connectivity index (χ4v) is 3.22. The van der Waals surface area contributed by atoms with Crippen molar-refractivity contribution >= 4 is 63.4 Å². The maximum atomic E-state index is 12.0. The molecule has 11 heteroatoms. The molecule has 29 heavy (non-hydrogen) atoms. The highest BCUT2D eigenvalue weighted by Gasteiger charge is 2.12. The van der Waals surface area contributed by atoms with Gasteiger partial charge in [-0.05, 0) is 54.1 Å². The minimum atomic E-state index is -0.263. The van der Waals surface area contributed by atoms with E-state index < -0.39 is 0 Å². The Labute approximate surface area is 181 Å². The Hall–Kier alpha value is -2.95. The molecule has 1 aromatic heterocycles. The van der Waals surface area contributed by atoms with Crippen LogP contribution in [-0.2, 0) is 0 Å². The second kappa shape index (κ2) is 9.50. The van der Waals surface area contributed by atoms with E-state index in [1.54, 1.807) is 43.5 Å². The van der Waals surface area contributed by atoms with Crippen LogP contribution in [0.5, 0.6) is 11.5 Å². The second-order valence-corrected chi connectivity index (χ2v) is 7.18. The van der Waals surface area contributed by atoms with E-state index in [9.17, 15) is 4.79 Å². The summed E-state index contributed by atoms with van der Waals surface area (Å²) in [6.45, 7) is 0. The number of thiocarbonyl (C=S) groups is 1. The van der Waals surface area contributed by atoms with E-state index in [-0.39, 0.29) is 5.91 Å². The van der Waals surface area contributed by atoms with Crippen LogP contribution in [0.2, 0.25) is 5.02 Å². The molecule has 1 amide bonds. The average Bonchev–Trinajstić information content (AvgIpc) is 3.25. The SMILES string of the molecule is COc1cc(OC)c(NC(=S)Nc2ccc(NC(=O)c3cnns3)cc2)cc1Cl. The van der Waals surface area contributed by atoms with Crippen molar-refractivity contribution < 1.29 is 14.3 Å². The first-order chi connectivity index (χ1) is 14.0. The summed E-state index contributed by atoms with van der Waals surface area (Å²) < 4.78 is 14.2. The molecule has 8 nitrogen and oxygen atoms in total. The fourth-order valence-electron chi connectivity index (χ4n) is 2.34. The predicted molar refractivity (Wildman–Crippen MR) is 119 cm³/mol. The molecule has 3 N–H and O–H groups in total. The quantitative estimate of drug-likeness (QED) is 0.480. The summed E-state index contributed by atoms with van der Waals surface area (Å²) in [5.41, 5.74) is 1.97. The molecule has 0 atom stereocenters. The van der Waals surface area contributed by atoms with Gasteiger partial charge >= 0.3 is 0 Å². The lowest BCUT2D eigenvalue weighted by Gasteiger charge is -2.15. The van der Waals surface area contributed by atoms with E-state index in [0.29, 0.717) is 37.9 Å². The zero-order valence-electron chi connectivity index (χ0n) is 15.4. The molecule has 0 aliphatic carbocycles. The molecule has 0 aliphatic rings. The monoisotopic (exact) mass is 449 g/mol. The van der Waals surface area contributed by atoms with Crippen LogP contribution in [0.15, 0.2) is 42.6 Å². The van der Waals surface area contributed by atoms with E-state index in [0.717, 1.165) is 17.2 Å². The van der Waals surface area contributed by atoms with Crippen LogP contribution in [0, 0.1) is 0 Å². The van der Waals surface area contributed by atoms with E-state index in [1.807, 2.05) is 0 Å². The Balaban J connectivity index is 1.62. The van der Waals surface area contributed by atoms with E-state index in [4.69, 9.17) is 33.3 Å². The maximum Gasteiger partial charge on any atom is 0.269 e. The second-order valence-electron chi connectivity index (χ2n) is 5.58. The summed E-state index contributed by atoms with van der Waals surface area (Å²) >= 11 is 12.6. The van der Waals surface area contributed by atoms with Crippen molar-refractivity contribution in [3.63, 3.8) is 0 Å². The van der Waals surface area contributed by atoms with Gasteiger partial charge in [-0.2, -0.15) is 0 Å². The number of hydrogen-bond donors (Lipinski definition) is 3. The Morgan fingerprint density at radius 1 is 1.03 bits per heavy atom. The molecule has 0 saturated heterocycles. The standard InChI is InChI=1S/C18H16ClN5O3S2/c1-26-14-8-15(27-2)13(7-12(14)19)23-18(28)22-11-5-3-10(4-6-11)21-17(25)16-9-20-24-29-16/h3-9H,1-2H3,(H,21,25)(H2,22,23,28). The predicted octanol–water partition coefficient (Wildman–Crippen LogP) is 4.27. The van der Waals surface area contributed by atoms with Gasteiger partial charge < -0.3 is 25.4 Å². The number of hydrogen-bond acceptors (Lipinski definition) is 7. The van der Waals surface area contributed by atoms with Crippen LogP contribution in [0.3, 0.4) is 0 Å². The maximum absolute atomic E-state index is 12.0. The lowest BCUT2D eigenvalue weighted by Crippen LogP contribution is -2.19. The first kappa shape index (κ1) is 20.8. The normalized spacial score (nSPS) is 10.2. The lowest BCUT2D eigenvalue weighted by molar-refractivity contribution is 0.103. The van der Waals surface area contributed by atoms with Crippen molar-refractivity contribution in [2.75, 3.05) is 30.2 Å². The molecule has 0 radical (unpaired) electrons. The average molecular weight is 450 g/mol. The van der Waals surface area contributed by atoms with Crippen molar-refractivity contribution in [2.24, 2.45) is 0 Å². The number of nitrogens with one attached hydrogen (secondary N) is 3. The summed E-state index contributed by atoms with van der Waals surface area (Å²) in [6.07, 6.45) is 1.42. The summed E-state index contributed by atoms with van der Waals surface area (Å²) in [5.74, 6) is 0.770. The third-order valence-corrected chi connectivity index (χ3v) is 4.87. The van der Waals surface area contributed by atoms with Gasteiger partial charge in [0.25, 0.3) is 5.91 Å². The Morgan fingerprint density at radius 2 is 1.69 bits per heavy atom. The number of methoxy groups -OCH3 is 2. The summed E-state index contributed by atoms with van der Waals surface area (Å²) in [4.78, 5) is 12.5. The third kappa shape index (κ3) is 5.31. The van der Waals surface area contributed by atoms with Gasteiger partial charge in [-0.1, -0.05) is 16.1 Å². The highest BCUT2D eigenvalue weighted by Crippen LogP contribution is 2.36. The number of ether oxygens (including phenoxy) is 2. The van der Waals surface area contributed by atoms with Crippen molar-refractivity contribution in [3.05, 3.63) is 52.5 Å². The van der Waals surface area contributed by atoms with Gasteiger partial charge in [-0.15, -0.1) is 5.10 Å². The molecular formula is C18H16ClN5O3S2. The van der Waals surface area contributed by atoms with Crippen molar-refractivity contribution in [1.82, 2.24) is 9.59 Å². The molecule has 0 unspecified atom stereocenters. The fraction of sp³-hybridized carbons (Fsp3) is 0.111. The van der Waals surface area contributed by atoms with Crippen molar-refractivity contribution in [3.8, 4) is 11.5 Å². The highest BCUT2D eigenvalue weighted by atomic mass is 35.5. The smallest absolute Gasteiger partial charge is 0.269 e. The Morgan fingerprint density at radius 3 is 2.28 bits per heavy atom. The molecule has 3 rings (SSSR count). The summed E-state index contributed by atoms with van der Waals surface area (Å²) in [6, 6.07) is 10.4. The zero-order chi connectivity index (χ0) is 20.8. The third-order valence-electron chi connectivity index (χ3n) is 3.71. The van der Waals surface area contributed by atoms with Gasteiger partial charge in [0.15, 0.2) is 5.11 Å². The number of anilines is 3. The van der Waals surface area contributed by atoms with Crippen molar-refractivity contribution in [2.45, 2.75) is 0 Å². The molecule has 0 bridgehead atoms. The first-order valence-corrected chi connectivity index (χ1v) is 9.74. The number of amides is 1.